The van der Waals surface area contributed by atoms with Gasteiger partial charge < -0.3 is 10.1 Å². The van der Waals surface area contributed by atoms with Crippen LogP contribution < -0.4 is 10.1 Å². The van der Waals surface area contributed by atoms with Crippen molar-refractivity contribution in [3.63, 3.8) is 0 Å². The van der Waals surface area contributed by atoms with Gasteiger partial charge in [-0.1, -0.05) is 11.3 Å². The van der Waals surface area contributed by atoms with Gasteiger partial charge in [-0.2, -0.15) is 0 Å². The minimum absolute atomic E-state index is 0.629. The van der Waals surface area contributed by atoms with E-state index in [9.17, 15) is 0 Å². The molecule has 2 aromatic rings. The number of methoxy groups -OCH3 is 1. The fraction of sp³-hybridized carbons (Fsp3) is 0.364. The zero-order valence-electron chi connectivity index (χ0n) is 9.92. The summed E-state index contributed by atoms with van der Waals surface area (Å²) in [4.78, 5) is 4.14. The summed E-state index contributed by atoms with van der Waals surface area (Å²) in [5.41, 5.74) is 2.16. The fourth-order valence-corrected chi connectivity index (χ4v) is 1.44. The first-order chi connectivity index (χ1) is 8.29. The summed E-state index contributed by atoms with van der Waals surface area (Å²) in [5.74, 6) is 0.629. The van der Waals surface area contributed by atoms with Crippen LogP contribution in [0.3, 0.4) is 0 Å². The summed E-state index contributed by atoms with van der Waals surface area (Å²) >= 11 is 0. The minimum atomic E-state index is 0.629. The summed E-state index contributed by atoms with van der Waals surface area (Å²) in [6.07, 6.45) is 3.55. The van der Waals surface area contributed by atoms with Gasteiger partial charge in [0, 0.05) is 32.4 Å². The molecule has 0 saturated heterocycles. The second-order valence-corrected chi connectivity index (χ2v) is 3.66. The first kappa shape index (κ1) is 11.5. The average molecular weight is 233 g/mol. The second-order valence-electron chi connectivity index (χ2n) is 3.66. The molecule has 0 spiro atoms. The van der Waals surface area contributed by atoms with Crippen molar-refractivity contribution in [3.8, 4) is 5.88 Å². The quantitative estimate of drug-likeness (QED) is 0.815. The lowest BCUT2D eigenvalue weighted by Crippen LogP contribution is -2.15. The van der Waals surface area contributed by atoms with Crippen LogP contribution in [0.15, 0.2) is 24.5 Å². The Morgan fingerprint density at radius 3 is 2.76 bits per heavy atom. The third-order valence-corrected chi connectivity index (χ3v) is 2.45. The van der Waals surface area contributed by atoms with Crippen LogP contribution in [0.2, 0.25) is 0 Å². The van der Waals surface area contributed by atoms with Gasteiger partial charge in [-0.05, 0) is 5.56 Å². The number of pyridine rings is 1. The van der Waals surface area contributed by atoms with E-state index in [-0.39, 0.29) is 0 Å². The highest BCUT2D eigenvalue weighted by Crippen LogP contribution is 2.06. The van der Waals surface area contributed by atoms with Gasteiger partial charge in [-0.3, -0.25) is 4.68 Å². The van der Waals surface area contributed by atoms with E-state index < -0.39 is 0 Å². The molecule has 0 fully saturated rings. The molecular formula is C11H15N5O. The topological polar surface area (TPSA) is 64.9 Å². The zero-order chi connectivity index (χ0) is 12.1. The van der Waals surface area contributed by atoms with Gasteiger partial charge in [-0.25, -0.2) is 4.98 Å². The Bertz CT molecular complexity index is 465. The van der Waals surface area contributed by atoms with Gasteiger partial charge in [0.1, 0.15) is 0 Å². The molecule has 1 N–H and O–H groups in total. The summed E-state index contributed by atoms with van der Waals surface area (Å²) in [6, 6.07) is 3.84. The number of aryl methyl sites for hydroxylation is 1. The third kappa shape index (κ3) is 3.01. The van der Waals surface area contributed by atoms with E-state index in [1.54, 1.807) is 24.2 Å². The van der Waals surface area contributed by atoms with Crippen molar-refractivity contribution in [1.82, 2.24) is 25.3 Å². The number of nitrogens with zero attached hydrogens (tertiary/aromatic N) is 4. The Kier molecular flexibility index (Phi) is 3.66. The summed E-state index contributed by atoms with van der Waals surface area (Å²) in [5, 5.41) is 11.0. The molecule has 0 aromatic carbocycles. The molecule has 0 aliphatic carbocycles. The van der Waals surface area contributed by atoms with E-state index in [1.807, 2.05) is 19.2 Å². The SMILES string of the molecule is COc1ccc(CNCc2cnnn2C)cn1. The number of aromatic nitrogens is 4. The van der Waals surface area contributed by atoms with Gasteiger partial charge >= 0.3 is 0 Å². The molecule has 6 nitrogen and oxygen atoms in total. The van der Waals surface area contributed by atoms with Gasteiger partial charge in [0.05, 0.1) is 19.0 Å². The number of hydrogen-bond donors (Lipinski definition) is 1. The molecule has 0 aliphatic rings. The first-order valence-corrected chi connectivity index (χ1v) is 5.33. The molecule has 90 valence electrons. The van der Waals surface area contributed by atoms with E-state index >= 15 is 0 Å². The van der Waals surface area contributed by atoms with E-state index in [1.165, 1.54) is 0 Å². The van der Waals surface area contributed by atoms with E-state index in [0.717, 1.165) is 24.3 Å². The maximum Gasteiger partial charge on any atom is 0.212 e. The van der Waals surface area contributed by atoms with Crippen LogP contribution >= 0.6 is 0 Å². The molecule has 0 saturated carbocycles. The van der Waals surface area contributed by atoms with E-state index in [4.69, 9.17) is 4.74 Å². The highest BCUT2D eigenvalue weighted by Gasteiger charge is 1.99. The van der Waals surface area contributed by atoms with Gasteiger partial charge in [0.2, 0.25) is 5.88 Å². The number of ether oxygens (including phenoxy) is 1. The Morgan fingerprint density at radius 2 is 2.18 bits per heavy atom. The Balaban J connectivity index is 1.83. The number of rotatable bonds is 5. The molecule has 17 heavy (non-hydrogen) atoms. The van der Waals surface area contributed by atoms with Crippen molar-refractivity contribution in [2.45, 2.75) is 13.1 Å². The van der Waals surface area contributed by atoms with Gasteiger partial charge in [-0.15, -0.1) is 5.10 Å². The lowest BCUT2D eigenvalue weighted by molar-refractivity contribution is 0.397. The van der Waals surface area contributed by atoms with Crippen LogP contribution in [0.5, 0.6) is 5.88 Å². The highest BCUT2D eigenvalue weighted by atomic mass is 16.5. The molecule has 2 aromatic heterocycles. The summed E-state index contributed by atoms with van der Waals surface area (Å²) in [6.45, 7) is 1.48. The molecule has 2 rings (SSSR count). The highest BCUT2D eigenvalue weighted by molar-refractivity contribution is 5.17. The molecule has 0 radical (unpaired) electrons. The lowest BCUT2D eigenvalue weighted by atomic mass is 10.3. The van der Waals surface area contributed by atoms with Crippen LogP contribution in [-0.2, 0) is 20.1 Å². The monoisotopic (exact) mass is 233 g/mol. The molecule has 0 atom stereocenters. The molecular weight excluding hydrogens is 218 g/mol. The lowest BCUT2D eigenvalue weighted by Gasteiger charge is -2.05. The fourth-order valence-electron chi connectivity index (χ4n) is 1.44. The standard InChI is InChI=1S/C11H15N5O/c1-16-10(8-14-15-16)7-12-5-9-3-4-11(17-2)13-6-9/h3-4,6,8,12H,5,7H2,1-2H3. The van der Waals surface area contributed by atoms with Crippen molar-refractivity contribution in [2.75, 3.05) is 7.11 Å². The summed E-state index contributed by atoms with van der Waals surface area (Å²) < 4.78 is 6.75. The smallest absolute Gasteiger partial charge is 0.212 e. The van der Waals surface area contributed by atoms with Crippen LogP contribution in [0.25, 0.3) is 0 Å². The molecule has 0 bridgehead atoms. The molecule has 6 heteroatoms. The largest absolute Gasteiger partial charge is 0.481 e. The van der Waals surface area contributed by atoms with Crippen molar-refractivity contribution in [1.29, 1.82) is 0 Å². The average Bonchev–Trinajstić information content (AvgIpc) is 2.76. The summed E-state index contributed by atoms with van der Waals surface area (Å²) in [7, 11) is 3.48. The van der Waals surface area contributed by atoms with Crippen molar-refractivity contribution in [3.05, 3.63) is 35.8 Å². The van der Waals surface area contributed by atoms with Crippen molar-refractivity contribution < 1.29 is 4.74 Å². The van der Waals surface area contributed by atoms with E-state index in [0.29, 0.717) is 5.88 Å². The zero-order valence-corrected chi connectivity index (χ0v) is 9.92. The molecule has 0 amide bonds. The predicted molar refractivity (Wildman–Crippen MR) is 62.3 cm³/mol. The van der Waals surface area contributed by atoms with Crippen LogP contribution in [0, 0.1) is 0 Å². The maximum absolute atomic E-state index is 5.00. The minimum Gasteiger partial charge on any atom is -0.481 e. The normalized spacial score (nSPS) is 10.5. The number of hydrogen-bond acceptors (Lipinski definition) is 5. The molecule has 2 heterocycles. The van der Waals surface area contributed by atoms with Crippen molar-refractivity contribution in [2.24, 2.45) is 7.05 Å². The first-order valence-electron chi connectivity index (χ1n) is 5.33. The number of nitrogens with one attached hydrogen (secondary N) is 1. The maximum atomic E-state index is 5.00. The molecule has 0 unspecified atom stereocenters. The second kappa shape index (κ2) is 5.40. The van der Waals surface area contributed by atoms with Crippen LogP contribution in [0.4, 0.5) is 0 Å². The van der Waals surface area contributed by atoms with Crippen LogP contribution in [-0.4, -0.2) is 27.1 Å². The predicted octanol–water partition coefficient (Wildman–Crippen LogP) is 0.508. The van der Waals surface area contributed by atoms with Crippen LogP contribution in [0.1, 0.15) is 11.3 Å². The molecule has 0 aliphatic heterocycles. The van der Waals surface area contributed by atoms with Gasteiger partial charge in [0.25, 0.3) is 0 Å². The van der Waals surface area contributed by atoms with Crippen molar-refractivity contribution >= 4 is 0 Å². The Hall–Kier alpha value is -1.95. The Labute approximate surface area is 99.6 Å². The van der Waals surface area contributed by atoms with Gasteiger partial charge in [0.15, 0.2) is 0 Å². The van der Waals surface area contributed by atoms with E-state index in [2.05, 4.69) is 20.6 Å². The Morgan fingerprint density at radius 1 is 1.29 bits per heavy atom. The third-order valence-electron chi connectivity index (χ3n) is 2.45.